The molecule has 7 aromatic rings. The van der Waals surface area contributed by atoms with E-state index in [2.05, 4.69) is 253 Å². The van der Waals surface area contributed by atoms with Crippen LogP contribution in [0.3, 0.4) is 0 Å². The van der Waals surface area contributed by atoms with Gasteiger partial charge in [-0.05, 0) is 156 Å². The average molecular weight is 937 g/mol. The molecule has 4 heterocycles. The van der Waals surface area contributed by atoms with Crippen molar-refractivity contribution in [3.05, 3.63) is 161 Å². The monoisotopic (exact) mass is 937 g/mol. The predicted molar refractivity (Wildman–Crippen MR) is 303 cm³/mol. The molecular weight excluding hydrogens is 864 g/mol. The second-order valence-electron chi connectivity index (χ2n) is 26.5. The van der Waals surface area contributed by atoms with Crippen molar-refractivity contribution in [1.29, 1.82) is 0 Å². The number of nitrogens with zero attached hydrogens (tertiary/aromatic N) is 4. The molecule has 1 aliphatic carbocycles. The van der Waals surface area contributed by atoms with Gasteiger partial charge in [0, 0.05) is 34.5 Å². The summed E-state index contributed by atoms with van der Waals surface area (Å²) in [5, 5.41) is 0. The maximum atomic E-state index is 7.27. The number of benzene rings is 6. The summed E-state index contributed by atoms with van der Waals surface area (Å²) < 4.78 is 7.27. The molecule has 4 aliphatic rings. The van der Waals surface area contributed by atoms with Crippen LogP contribution in [0.25, 0.3) is 0 Å². The Labute approximate surface area is 425 Å². The first kappa shape index (κ1) is 47.1. The molecule has 11 rings (SSSR count). The zero-order valence-electron chi connectivity index (χ0n) is 45.3. The van der Waals surface area contributed by atoms with Crippen LogP contribution >= 0.6 is 0 Å². The fourth-order valence-corrected chi connectivity index (χ4v) is 11.7. The zero-order valence-corrected chi connectivity index (χ0v) is 45.3. The van der Waals surface area contributed by atoms with Gasteiger partial charge in [-0.3, -0.25) is 9.80 Å². The maximum absolute atomic E-state index is 7.27. The van der Waals surface area contributed by atoms with Crippen molar-refractivity contribution in [3.63, 3.8) is 0 Å². The highest BCUT2D eigenvalue weighted by Gasteiger charge is 2.49. The van der Waals surface area contributed by atoms with Gasteiger partial charge in [0.05, 0.1) is 11.4 Å². The largest absolute Gasteiger partial charge is 0.453 e. The van der Waals surface area contributed by atoms with Crippen molar-refractivity contribution in [1.82, 2.24) is 4.98 Å². The number of pyridine rings is 1. The number of fused-ring (bicyclic) bond motifs is 7. The first-order valence-corrected chi connectivity index (χ1v) is 26.1. The lowest BCUT2D eigenvalue weighted by Gasteiger charge is -2.46. The molecule has 6 heteroatoms. The highest BCUT2D eigenvalue weighted by atomic mass is 16.5. The van der Waals surface area contributed by atoms with Crippen molar-refractivity contribution in [2.75, 3.05) is 14.7 Å². The minimum atomic E-state index is -0.140. The zero-order chi connectivity index (χ0) is 50.5. The molecule has 0 spiro atoms. The van der Waals surface area contributed by atoms with E-state index in [0.717, 1.165) is 75.8 Å². The lowest BCUT2D eigenvalue weighted by Crippen LogP contribution is -2.62. The summed E-state index contributed by atoms with van der Waals surface area (Å²) >= 11 is 0. The van der Waals surface area contributed by atoms with E-state index in [0.29, 0.717) is 0 Å². The Morgan fingerprint density at radius 1 is 0.493 bits per heavy atom. The third-order valence-corrected chi connectivity index (χ3v) is 16.3. The molecule has 362 valence electrons. The van der Waals surface area contributed by atoms with Crippen LogP contribution in [0.15, 0.2) is 127 Å². The lowest BCUT2D eigenvalue weighted by atomic mass is 9.33. The Morgan fingerprint density at radius 3 is 1.69 bits per heavy atom. The van der Waals surface area contributed by atoms with Crippen LogP contribution in [0.4, 0.5) is 51.4 Å². The summed E-state index contributed by atoms with van der Waals surface area (Å²) in [7, 11) is 0. The SMILES string of the molecule is CC(C)(C)c1ccc(N2c3ccc(C(C)(C)C)cc3B3c4cc(C(C)(C)C)cc5c4N(c4ccc(C(C)(C)C)cc4O5)c4cc(N(c5ccccc5)c5ccc6c(c5)C(C)(C)CCC6(C)C)nc2c43)cc1. The van der Waals surface area contributed by atoms with Gasteiger partial charge in [0.15, 0.2) is 11.5 Å². The van der Waals surface area contributed by atoms with Gasteiger partial charge in [0.1, 0.15) is 11.6 Å². The van der Waals surface area contributed by atoms with Crippen molar-refractivity contribution < 1.29 is 4.74 Å². The second kappa shape index (κ2) is 15.6. The number of rotatable bonds is 4. The molecule has 1 aromatic heterocycles. The van der Waals surface area contributed by atoms with Crippen LogP contribution in [0, 0.1) is 0 Å². The normalized spacial score (nSPS) is 16.3. The summed E-state index contributed by atoms with van der Waals surface area (Å²) in [5.74, 6) is 3.56. The van der Waals surface area contributed by atoms with Crippen molar-refractivity contribution in [3.8, 4) is 11.5 Å². The summed E-state index contributed by atoms with van der Waals surface area (Å²) in [6.07, 6.45) is 2.30. The number of para-hydroxylation sites is 1. The fourth-order valence-electron chi connectivity index (χ4n) is 11.7. The van der Waals surface area contributed by atoms with Gasteiger partial charge >= 0.3 is 0 Å². The Morgan fingerprint density at radius 2 is 1.06 bits per heavy atom. The Hall–Kier alpha value is -6.27. The first-order valence-electron chi connectivity index (χ1n) is 26.1. The standard InChI is InChI=1S/C65H73BN4O/c1-60(2,3)40-22-26-45(27-23-40)69-51-30-24-41(61(4,5)6)34-49(51)66-50-35-43(63(10,11)12)37-55-58(50)70(52-31-25-42(62(7,8)9)36-54(52)71-55)53-39-56(67-59(69)57(53)66)68(44-20-18-17-19-21-44)46-28-29-47-48(38-46)65(15,16)33-32-64(47,13)14/h17-31,34-39H,32-33H2,1-16H3. The predicted octanol–water partition coefficient (Wildman–Crippen LogP) is 16.3. The van der Waals surface area contributed by atoms with Crippen LogP contribution < -0.4 is 35.8 Å². The van der Waals surface area contributed by atoms with Crippen molar-refractivity contribution in [2.45, 2.75) is 156 Å². The van der Waals surface area contributed by atoms with Crippen LogP contribution in [0.2, 0.25) is 0 Å². The van der Waals surface area contributed by atoms with Gasteiger partial charge in [-0.1, -0.05) is 171 Å². The minimum Gasteiger partial charge on any atom is -0.453 e. The van der Waals surface area contributed by atoms with E-state index >= 15 is 0 Å². The number of hydrogen-bond donors (Lipinski definition) is 0. The summed E-state index contributed by atoms with van der Waals surface area (Å²) in [4.78, 5) is 13.5. The van der Waals surface area contributed by atoms with Gasteiger partial charge < -0.3 is 9.64 Å². The van der Waals surface area contributed by atoms with Crippen molar-refractivity contribution in [2.24, 2.45) is 0 Å². The molecular formula is C65H73BN4O. The van der Waals surface area contributed by atoms with E-state index in [-0.39, 0.29) is 39.2 Å². The third-order valence-electron chi connectivity index (χ3n) is 16.3. The topological polar surface area (TPSA) is 31.8 Å². The molecule has 0 saturated heterocycles. The molecule has 71 heavy (non-hydrogen) atoms. The van der Waals surface area contributed by atoms with E-state index in [1.165, 1.54) is 49.8 Å². The molecule has 0 radical (unpaired) electrons. The maximum Gasteiger partial charge on any atom is 0.254 e. The molecule has 0 unspecified atom stereocenters. The van der Waals surface area contributed by atoms with E-state index in [4.69, 9.17) is 9.72 Å². The van der Waals surface area contributed by atoms with E-state index in [9.17, 15) is 0 Å². The average Bonchev–Trinajstić information content (AvgIpc) is 3.30. The molecule has 0 atom stereocenters. The second-order valence-corrected chi connectivity index (χ2v) is 26.5. The van der Waals surface area contributed by atoms with Gasteiger partial charge in [0.25, 0.3) is 6.71 Å². The lowest BCUT2D eigenvalue weighted by molar-refractivity contribution is 0.332. The quantitative estimate of drug-likeness (QED) is 0.164. The molecule has 0 saturated carbocycles. The fraction of sp³-hybridized carbons (Fsp3) is 0.369. The Balaban J connectivity index is 1.28. The molecule has 0 bridgehead atoms. The number of hydrogen-bond acceptors (Lipinski definition) is 5. The van der Waals surface area contributed by atoms with Gasteiger partial charge in [-0.15, -0.1) is 0 Å². The third kappa shape index (κ3) is 7.69. The van der Waals surface area contributed by atoms with E-state index < -0.39 is 0 Å². The smallest absolute Gasteiger partial charge is 0.254 e. The molecule has 5 nitrogen and oxygen atoms in total. The summed E-state index contributed by atoms with van der Waals surface area (Å²) in [6.45, 7) is 37.2. The minimum absolute atomic E-state index is 0.0000288. The van der Waals surface area contributed by atoms with Crippen LogP contribution in [-0.2, 0) is 32.5 Å². The van der Waals surface area contributed by atoms with Gasteiger partial charge in [-0.25, -0.2) is 4.98 Å². The van der Waals surface area contributed by atoms with Gasteiger partial charge in [0.2, 0.25) is 0 Å². The van der Waals surface area contributed by atoms with E-state index in [1.54, 1.807) is 0 Å². The molecule has 0 fully saturated rings. The Bertz CT molecular complexity index is 3280. The number of ether oxygens (including phenoxy) is 1. The summed E-state index contributed by atoms with van der Waals surface area (Å²) in [5.41, 5.74) is 19.2. The highest BCUT2D eigenvalue weighted by molar-refractivity contribution is 7.00. The molecule has 0 amide bonds. The van der Waals surface area contributed by atoms with Crippen LogP contribution in [-0.4, -0.2) is 11.7 Å². The highest BCUT2D eigenvalue weighted by Crippen LogP contribution is 2.56. The molecule has 6 aromatic carbocycles. The number of anilines is 9. The summed E-state index contributed by atoms with van der Waals surface area (Å²) in [6, 6.07) is 48.7. The van der Waals surface area contributed by atoms with Crippen LogP contribution in [0.1, 0.15) is 157 Å². The molecule has 0 N–H and O–H groups in total. The van der Waals surface area contributed by atoms with Crippen molar-refractivity contribution >= 4 is 74.5 Å². The van der Waals surface area contributed by atoms with E-state index in [1.807, 2.05) is 0 Å². The first-order chi connectivity index (χ1) is 33.2. The van der Waals surface area contributed by atoms with Gasteiger partial charge in [-0.2, -0.15) is 0 Å². The van der Waals surface area contributed by atoms with Crippen LogP contribution in [0.5, 0.6) is 11.5 Å². The molecule has 3 aliphatic heterocycles. The number of aromatic nitrogens is 1. The Kier molecular flexibility index (Phi) is 10.4.